The third-order valence-electron chi connectivity index (χ3n) is 5.44. The Balaban J connectivity index is 1.89. The molecule has 9 nitrogen and oxygen atoms in total. The summed E-state index contributed by atoms with van der Waals surface area (Å²) in [6, 6.07) is 3.44. The highest BCUT2D eigenvalue weighted by Crippen LogP contribution is 2.38. The number of amides is 1. The number of benzene rings is 1. The van der Waals surface area contributed by atoms with E-state index in [1.807, 2.05) is 6.92 Å². The van der Waals surface area contributed by atoms with Crippen molar-refractivity contribution in [3.8, 4) is 11.4 Å². The molecule has 1 aliphatic rings. The zero-order chi connectivity index (χ0) is 21.9. The minimum Gasteiger partial charge on any atom is -0.508 e. The van der Waals surface area contributed by atoms with Gasteiger partial charge in [-0.15, -0.1) is 0 Å². The number of nitrogen functional groups attached to an aromatic ring is 1. The number of hydrogen-bond acceptors (Lipinski definition) is 7. The molecule has 0 fully saturated rings. The van der Waals surface area contributed by atoms with E-state index in [1.54, 1.807) is 49.0 Å². The second kappa shape index (κ2) is 6.63. The van der Waals surface area contributed by atoms with Gasteiger partial charge in [-0.05, 0) is 38.5 Å². The molecule has 1 amide bonds. The quantitative estimate of drug-likeness (QED) is 0.460. The first-order valence-corrected chi connectivity index (χ1v) is 9.63. The predicted molar refractivity (Wildman–Crippen MR) is 117 cm³/mol. The molecule has 0 unspecified atom stereocenters. The first-order chi connectivity index (χ1) is 14.9. The number of aryl methyl sites for hydroxylation is 2. The van der Waals surface area contributed by atoms with Crippen LogP contribution >= 0.6 is 0 Å². The van der Waals surface area contributed by atoms with Crippen LogP contribution in [0.4, 0.5) is 5.82 Å². The maximum absolute atomic E-state index is 13.3. The van der Waals surface area contributed by atoms with E-state index < -0.39 is 0 Å². The molecule has 154 valence electrons. The van der Waals surface area contributed by atoms with Gasteiger partial charge in [0.25, 0.3) is 5.91 Å². The molecule has 9 heteroatoms. The number of nitrogens with one attached hydrogen (secondary N) is 1. The van der Waals surface area contributed by atoms with E-state index in [9.17, 15) is 9.90 Å². The van der Waals surface area contributed by atoms with Crippen LogP contribution in [0, 0.1) is 20.8 Å². The summed E-state index contributed by atoms with van der Waals surface area (Å²) in [5, 5.41) is 13.8. The van der Waals surface area contributed by atoms with Crippen LogP contribution < -0.4 is 11.1 Å². The number of anilines is 1. The van der Waals surface area contributed by atoms with E-state index in [4.69, 9.17) is 5.73 Å². The molecule has 0 aliphatic carbocycles. The Kier molecular flexibility index (Phi) is 4.01. The molecule has 3 aromatic heterocycles. The molecule has 0 saturated heterocycles. The standard InChI is InChI=1S/C22H19N7O2/c1-10-4-5-16(30)11(2)19(10)29-20(23)18-17-15(26-12(3)27-21(17)29)6-14(28-22(18)31)13-7-24-9-25-8-13/h4-9,30H,23H2,1-3H3,(H,28,31). The summed E-state index contributed by atoms with van der Waals surface area (Å²) in [6.45, 7) is 5.50. The molecule has 0 spiro atoms. The summed E-state index contributed by atoms with van der Waals surface area (Å²) >= 11 is 0. The number of nitrogens with zero attached hydrogens (tertiary/aromatic N) is 5. The maximum atomic E-state index is 13.3. The number of rotatable bonds is 2. The van der Waals surface area contributed by atoms with Gasteiger partial charge in [0.1, 0.15) is 23.7 Å². The minimum absolute atomic E-state index is 0.136. The zero-order valence-electron chi connectivity index (χ0n) is 17.1. The fraction of sp³-hybridized carbons (Fsp3) is 0.136. The van der Waals surface area contributed by atoms with Crippen molar-refractivity contribution in [2.75, 3.05) is 5.73 Å². The van der Waals surface area contributed by atoms with Crippen molar-refractivity contribution < 1.29 is 9.90 Å². The summed E-state index contributed by atoms with van der Waals surface area (Å²) < 4.78 is 1.72. The smallest absolute Gasteiger partial charge is 0.260 e. The highest BCUT2D eigenvalue weighted by molar-refractivity contribution is 6.18. The molecular weight excluding hydrogens is 394 g/mol. The summed E-state index contributed by atoms with van der Waals surface area (Å²) in [7, 11) is 0. The normalized spacial score (nSPS) is 13.1. The minimum atomic E-state index is -0.377. The van der Waals surface area contributed by atoms with Crippen molar-refractivity contribution in [3.63, 3.8) is 0 Å². The van der Waals surface area contributed by atoms with Gasteiger partial charge < -0.3 is 16.2 Å². The van der Waals surface area contributed by atoms with Gasteiger partial charge in [0.2, 0.25) is 0 Å². The molecule has 4 N–H and O–H groups in total. The van der Waals surface area contributed by atoms with E-state index in [1.165, 1.54) is 6.33 Å². The van der Waals surface area contributed by atoms with Crippen LogP contribution in [0.25, 0.3) is 28.5 Å². The van der Waals surface area contributed by atoms with Crippen LogP contribution in [0.5, 0.6) is 5.75 Å². The molecule has 5 rings (SSSR count). The monoisotopic (exact) mass is 413 g/mol. The van der Waals surface area contributed by atoms with Crippen LogP contribution in [0.2, 0.25) is 0 Å². The highest BCUT2D eigenvalue weighted by atomic mass is 16.3. The molecule has 4 aromatic rings. The Morgan fingerprint density at radius 2 is 1.84 bits per heavy atom. The number of phenolic OH excluding ortho intramolecular Hbond substituents is 1. The largest absolute Gasteiger partial charge is 0.508 e. The van der Waals surface area contributed by atoms with Gasteiger partial charge in [-0.3, -0.25) is 9.36 Å². The van der Waals surface area contributed by atoms with Crippen molar-refractivity contribution in [3.05, 3.63) is 64.6 Å². The Labute approximate surface area is 177 Å². The number of aromatic hydroxyl groups is 1. The van der Waals surface area contributed by atoms with E-state index in [2.05, 4.69) is 25.3 Å². The van der Waals surface area contributed by atoms with Crippen molar-refractivity contribution >= 4 is 34.5 Å². The Morgan fingerprint density at radius 1 is 1.10 bits per heavy atom. The second-order valence-corrected chi connectivity index (χ2v) is 7.46. The molecule has 4 heterocycles. The molecule has 0 saturated carbocycles. The Bertz CT molecular complexity index is 1420. The van der Waals surface area contributed by atoms with Gasteiger partial charge in [-0.1, -0.05) is 6.07 Å². The Morgan fingerprint density at radius 3 is 2.58 bits per heavy atom. The average Bonchev–Trinajstić information content (AvgIpc) is 2.93. The van der Waals surface area contributed by atoms with E-state index in [0.29, 0.717) is 45.1 Å². The topological polar surface area (TPSA) is 132 Å². The Hall–Kier alpha value is -4.27. The molecule has 31 heavy (non-hydrogen) atoms. The van der Waals surface area contributed by atoms with E-state index >= 15 is 0 Å². The average molecular weight is 413 g/mol. The lowest BCUT2D eigenvalue weighted by molar-refractivity contribution is 0.0976. The maximum Gasteiger partial charge on any atom is 0.260 e. The third kappa shape index (κ3) is 2.74. The summed E-state index contributed by atoms with van der Waals surface area (Å²) in [4.78, 5) is 30.5. The van der Waals surface area contributed by atoms with E-state index in [0.717, 1.165) is 5.56 Å². The van der Waals surface area contributed by atoms with Gasteiger partial charge in [0.05, 0.1) is 28.0 Å². The van der Waals surface area contributed by atoms with Crippen molar-refractivity contribution in [2.45, 2.75) is 20.8 Å². The number of aromatic nitrogens is 5. The number of hydrogen-bond donors (Lipinski definition) is 3. The molecule has 0 atom stereocenters. The fourth-order valence-electron chi connectivity index (χ4n) is 4.02. The summed E-state index contributed by atoms with van der Waals surface area (Å²) in [5.74, 6) is 0.511. The lowest BCUT2D eigenvalue weighted by atomic mass is 10.1. The van der Waals surface area contributed by atoms with Gasteiger partial charge in [-0.2, -0.15) is 0 Å². The van der Waals surface area contributed by atoms with Crippen LogP contribution in [0.15, 0.2) is 30.9 Å². The SMILES string of the molecule is Cc1nc2c3c(c(N)n(-c4c(C)ccc(O)c4C)c3n1)C(=O)NC(c1cncnc1)=C2. The van der Waals surface area contributed by atoms with Crippen molar-refractivity contribution in [1.29, 1.82) is 0 Å². The van der Waals surface area contributed by atoms with Gasteiger partial charge >= 0.3 is 0 Å². The van der Waals surface area contributed by atoms with E-state index in [-0.39, 0.29) is 23.0 Å². The van der Waals surface area contributed by atoms with Crippen molar-refractivity contribution in [1.82, 2.24) is 29.8 Å². The first kappa shape index (κ1) is 18.7. The first-order valence-electron chi connectivity index (χ1n) is 9.63. The van der Waals surface area contributed by atoms with Gasteiger partial charge in [-0.25, -0.2) is 19.9 Å². The number of carbonyl (C=O) groups excluding carboxylic acids is 1. The summed E-state index contributed by atoms with van der Waals surface area (Å²) in [6.07, 6.45) is 6.42. The van der Waals surface area contributed by atoms with Crippen LogP contribution in [-0.4, -0.2) is 35.5 Å². The van der Waals surface area contributed by atoms with Crippen LogP contribution in [0.3, 0.4) is 0 Å². The second-order valence-electron chi connectivity index (χ2n) is 7.46. The van der Waals surface area contributed by atoms with Crippen LogP contribution in [0.1, 0.15) is 38.6 Å². The molecule has 0 bridgehead atoms. The number of nitrogens with two attached hydrogens (primary N) is 1. The molecule has 1 aromatic carbocycles. The fourth-order valence-corrected chi connectivity index (χ4v) is 4.02. The molecule has 1 aliphatic heterocycles. The third-order valence-corrected chi connectivity index (χ3v) is 5.44. The lowest BCUT2D eigenvalue weighted by Gasteiger charge is -2.16. The predicted octanol–water partition coefficient (Wildman–Crippen LogP) is 2.67. The van der Waals surface area contributed by atoms with Gasteiger partial charge in [0, 0.05) is 23.5 Å². The number of phenols is 1. The number of carbonyl (C=O) groups is 1. The molecular formula is C22H19N7O2. The lowest BCUT2D eigenvalue weighted by Crippen LogP contribution is -2.22. The zero-order valence-corrected chi connectivity index (χ0v) is 17.1. The summed E-state index contributed by atoms with van der Waals surface area (Å²) in [5.41, 5.74) is 11.3. The highest BCUT2D eigenvalue weighted by Gasteiger charge is 2.30. The molecule has 0 radical (unpaired) electrons. The van der Waals surface area contributed by atoms with Crippen molar-refractivity contribution in [2.24, 2.45) is 0 Å². The van der Waals surface area contributed by atoms with Gasteiger partial charge in [0.15, 0.2) is 5.65 Å². The van der Waals surface area contributed by atoms with Crippen LogP contribution in [-0.2, 0) is 0 Å².